The number of rotatable bonds is 2. The fraction of sp³-hybridized carbons (Fsp3) is 0.385. The van der Waals surface area contributed by atoms with Crippen LogP contribution < -0.4 is 0 Å². The fourth-order valence-electron chi connectivity index (χ4n) is 2.21. The molecule has 3 nitrogen and oxygen atoms in total. The van der Waals surface area contributed by atoms with Crippen molar-refractivity contribution < 1.29 is 0 Å². The van der Waals surface area contributed by atoms with Gasteiger partial charge >= 0.3 is 0 Å². The van der Waals surface area contributed by atoms with Crippen LogP contribution in [0.1, 0.15) is 30.0 Å². The van der Waals surface area contributed by atoms with Crippen molar-refractivity contribution in [2.24, 2.45) is 0 Å². The van der Waals surface area contributed by atoms with Crippen molar-refractivity contribution in [3.63, 3.8) is 0 Å². The highest BCUT2D eigenvalue weighted by Gasteiger charge is 2.22. The van der Waals surface area contributed by atoms with Gasteiger partial charge in [-0.05, 0) is 49.7 Å². The number of aromatic nitrogens is 1. The molecule has 16 heavy (non-hydrogen) atoms. The van der Waals surface area contributed by atoms with E-state index in [0.717, 1.165) is 12.1 Å². The second-order valence-corrected chi connectivity index (χ2v) is 4.15. The molecule has 1 saturated heterocycles. The zero-order chi connectivity index (χ0) is 11.4. The van der Waals surface area contributed by atoms with Crippen LogP contribution in [0.5, 0.6) is 0 Å². The van der Waals surface area contributed by atoms with E-state index in [1.807, 2.05) is 12.3 Å². The molecule has 1 atom stereocenters. The van der Waals surface area contributed by atoms with Gasteiger partial charge in [0.1, 0.15) is 0 Å². The van der Waals surface area contributed by atoms with Crippen molar-refractivity contribution in [2.75, 3.05) is 13.6 Å². The van der Waals surface area contributed by atoms with Crippen LogP contribution in [0.4, 0.5) is 0 Å². The quantitative estimate of drug-likeness (QED) is 0.708. The van der Waals surface area contributed by atoms with E-state index in [1.54, 1.807) is 12.3 Å². The van der Waals surface area contributed by atoms with Gasteiger partial charge in [-0.3, -0.25) is 9.88 Å². The van der Waals surface area contributed by atoms with E-state index in [0.29, 0.717) is 6.04 Å². The minimum atomic E-state index is 0.489. The maximum Gasteiger partial charge on any atom is 0.0912 e. The number of hydrogen-bond donors (Lipinski definition) is 0. The standard InChI is InChI=1S/C13H15N3/c1-16-7-3-5-13(16)12-8-11(4-2-6-14)9-15-10-12/h2,4,8-10,13H,3,5,7H2,1H3/b4-2+/t13-/m0/s1. The average molecular weight is 213 g/mol. The van der Waals surface area contributed by atoms with Crippen LogP contribution in [0.15, 0.2) is 24.5 Å². The lowest BCUT2D eigenvalue weighted by molar-refractivity contribution is 0.317. The molecular weight excluding hydrogens is 198 g/mol. The van der Waals surface area contributed by atoms with Gasteiger partial charge in [0.15, 0.2) is 0 Å². The van der Waals surface area contributed by atoms with Crippen molar-refractivity contribution in [3.8, 4) is 6.07 Å². The first-order chi connectivity index (χ1) is 7.81. The molecule has 0 aliphatic carbocycles. The number of likely N-dealkylation sites (tertiary alicyclic amines) is 1. The van der Waals surface area contributed by atoms with E-state index in [-0.39, 0.29) is 0 Å². The minimum Gasteiger partial charge on any atom is -0.299 e. The van der Waals surface area contributed by atoms with E-state index < -0.39 is 0 Å². The second kappa shape index (κ2) is 4.91. The topological polar surface area (TPSA) is 39.9 Å². The summed E-state index contributed by atoms with van der Waals surface area (Å²) in [6.07, 6.45) is 9.44. The number of hydrogen-bond acceptors (Lipinski definition) is 3. The Kier molecular flexibility index (Phi) is 3.33. The van der Waals surface area contributed by atoms with Crippen molar-refractivity contribution in [2.45, 2.75) is 18.9 Å². The predicted molar refractivity (Wildman–Crippen MR) is 63.5 cm³/mol. The summed E-state index contributed by atoms with van der Waals surface area (Å²) in [5.41, 5.74) is 2.25. The van der Waals surface area contributed by atoms with E-state index in [2.05, 4.69) is 23.0 Å². The molecule has 0 saturated carbocycles. The summed E-state index contributed by atoms with van der Waals surface area (Å²) in [6.45, 7) is 1.16. The number of nitrogens with zero attached hydrogens (tertiary/aromatic N) is 3. The summed E-state index contributed by atoms with van der Waals surface area (Å²) in [7, 11) is 2.15. The molecule has 0 radical (unpaired) electrons. The molecule has 3 heteroatoms. The van der Waals surface area contributed by atoms with E-state index >= 15 is 0 Å². The van der Waals surface area contributed by atoms with Crippen molar-refractivity contribution >= 4 is 6.08 Å². The summed E-state index contributed by atoms with van der Waals surface area (Å²) in [5, 5.41) is 8.49. The molecule has 0 bridgehead atoms. The van der Waals surface area contributed by atoms with Gasteiger partial charge in [0.2, 0.25) is 0 Å². The first kappa shape index (κ1) is 10.8. The van der Waals surface area contributed by atoms with Gasteiger partial charge in [0.05, 0.1) is 6.07 Å². The van der Waals surface area contributed by atoms with Gasteiger partial charge in [0.25, 0.3) is 0 Å². The lowest BCUT2D eigenvalue weighted by Crippen LogP contribution is -2.17. The Bertz CT molecular complexity index is 431. The average Bonchev–Trinajstić information content (AvgIpc) is 2.73. The van der Waals surface area contributed by atoms with Crippen LogP contribution in [0.25, 0.3) is 6.08 Å². The number of pyridine rings is 1. The van der Waals surface area contributed by atoms with Crippen LogP contribution in [0.2, 0.25) is 0 Å². The van der Waals surface area contributed by atoms with Gasteiger partial charge in [-0.25, -0.2) is 0 Å². The zero-order valence-corrected chi connectivity index (χ0v) is 9.43. The summed E-state index contributed by atoms with van der Waals surface area (Å²) in [6, 6.07) is 4.60. The van der Waals surface area contributed by atoms with Crippen LogP contribution in [-0.4, -0.2) is 23.5 Å². The first-order valence-electron chi connectivity index (χ1n) is 5.52. The summed E-state index contributed by atoms with van der Waals surface area (Å²) < 4.78 is 0. The highest BCUT2D eigenvalue weighted by Crippen LogP contribution is 2.30. The molecule has 1 aromatic heterocycles. The third-order valence-corrected chi connectivity index (χ3v) is 3.04. The molecule has 1 fully saturated rings. The SMILES string of the molecule is CN1CCC[C@H]1c1cncc(/C=C/C#N)c1. The smallest absolute Gasteiger partial charge is 0.0912 e. The first-order valence-corrected chi connectivity index (χ1v) is 5.52. The molecule has 0 amide bonds. The van der Waals surface area contributed by atoms with Crippen LogP contribution in [0, 0.1) is 11.3 Å². The summed E-state index contributed by atoms with van der Waals surface area (Å²) in [4.78, 5) is 6.59. The largest absolute Gasteiger partial charge is 0.299 e. The van der Waals surface area contributed by atoms with Gasteiger partial charge in [0, 0.05) is 24.5 Å². The Morgan fingerprint density at radius 3 is 3.12 bits per heavy atom. The van der Waals surface area contributed by atoms with Crippen molar-refractivity contribution in [3.05, 3.63) is 35.7 Å². The van der Waals surface area contributed by atoms with Crippen molar-refractivity contribution in [1.82, 2.24) is 9.88 Å². The number of allylic oxidation sites excluding steroid dienone is 1. The maximum atomic E-state index is 8.49. The third-order valence-electron chi connectivity index (χ3n) is 3.04. The molecular formula is C13H15N3. The third kappa shape index (κ3) is 2.29. The van der Waals surface area contributed by atoms with Gasteiger partial charge in [-0.1, -0.05) is 0 Å². The molecule has 0 unspecified atom stereocenters. The molecule has 2 rings (SSSR count). The van der Waals surface area contributed by atoms with Crippen LogP contribution >= 0.6 is 0 Å². The van der Waals surface area contributed by atoms with Gasteiger partial charge in [-0.15, -0.1) is 0 Å². The molecule has 2 heterocycles. The molecule has 0 spiro atoms. The van der Waals surface area contributed by atoms with Crippen LogP contribution in [0.3, 0.4) is 0 Å². The molecule has 1 aromatic rings. The van der Waals surface area contributed by atoms with E-state index in [4.69, 9.17) is 5.26 Å². The zero-order valence-electron chi connectivity index (χ0n) is 9.43. The second-order valence-electron chi connectivity index (χ2n) is 4.15. The normalized spacial score (nSPS) is 21.4. The van der Waals surface area contributed by atoms with Gasteiger partial charge in [-0.2, -0.15) is 5.26 Å². The molecule has 0 aromatic carbocycles. The Labute approximate surface area is 96.0 Å². The Morgan fingerprint density at radius 1 is 1.56 bits per heavy atom. The summed E-state index contributed by atoms with van der Waals surface area (Å²) >= 11 is 0. The lowest BCUT2D eigenvalue weighted by Gasteiger charge is -2.19. The Hall–Kier alpha value is -1.66. The monoisotopic (exact) mass is 213 g/mol. The van der Waals surface area contributed by atoms with Crippen molar-refractivity contribution in [1.29, 1.82) is 5.26 Å². The fourth-order valence-corrected chi connectivity index (χ4v) is 2.21. The molecule has 1 aliphatic heterocycles. The highest BCUT2D eigenvalue weighted by molar-refractivity contribution is 5.51. The minimum absolute atomic E-state index is 0.489. The Balaban J connectivity index is 2.22. The predicted octanol–water partition coefficient (Wildman–Crippen LogP) is 2.39. The highest BCUT2D eigenvalue weighted by atomic mass is 15.1. The van der Waals surface area contributed by atoms with E-state index in [1.165, 1.54) is 24.5 Å². The number of nitriles is 1. The molecule has 1 aliphatic rings. The Morgan fingerprint density at radius 2 is 2.44 bits per heavy atom. The van der Waals surface area contributed by atoms with Crippen LogP contribution in [-0.2, 0) is 0 Å². The van der Waals surface area contributed by atoms with Gasteiger partial charge < -0.3 is 0 Å². The van der Waals surface area contributed by atoms with E-state index in [9.17, 15) is 0 Å². The lowest BCUT2D eigenvalue weighted by atomic mass is 10.1. The molecule has 82 valence electrons. The molecule has 0 N–H and O–H groups in total. The maximum absolute atomic E-state index is 8.49. The summed E-state index contributed by atoms with van der Waals surface area (Å²) in [5.74, 6) is 0.